The van der Waals surface area contributed by atoms with Crippen LogP contribution in [-0.2, 0) is 6.54 Å². The molecule has 2 N–H and O–H groups in total. The lowest BCUT2D eigenvalue weighted by molar-refractivity contribution is 0.0693. The maximum absolute atomic E-state index is 11.6. The number of benzene rings is 1. The molecule has 1 aromatic rings. The van der Waals surface area contributed by atoms with E-state index in [1.165, 1.54) is 7.05 Å². The Hall–Kier alpha value is -1.68. The van der Waals surface area contributed by atoms with Gasteiger partial charge in [-0.15, -0.1) is 0 Å². The monoisotopic (exact) mass is 190 g/mol. The number of hydrogen-bond acceptors (Lipinski definition) is 3. The molecular formula is C10H10N2O2. The van der Waals surface area contributed by atoms with Gasteiger partial charge in [0.1, 0.15) is 0 Å². The van der Waals surface area contributed by atoms with Crippen molar-refractivity contribution in [3.8, 4) is 0 Å². The molecule has 1 aromatic carbocycles. The summed E-state index contributed by atoms with van der Waals surface area (Å²) < 4.78 is 0. The zero-order valence-electron chi connectivity index (χ0n) is 7.78. The summed E-state index contributed by atoms with van der Waals surface area (Å²) in [4.78, 5) is 24.3. The van der Waals surface area contributed by atoms with Gasteiger partial charge in [0.25, 0.3) is 11.8 Å². The van der Waals surface area contributed by atoms with E-state index in [1.807, 2.05) is 0 Å². The van der Waals surface area contributed by atoms with E-state index in [2.05, 4.69) is 0 Å². The van der Waals surface area contributed by atoms with E-state index in [9.17, 15) is 9.59 Å². The van der Waals surface area contributed by atoms with Gasteiger partial charge in [-0.05, 0) is 11.6 Å². The van der Waals surface area contributed by atoms with E-state index in [4.69, 9.17) is 5.73 Å². The Labute approximate surface area is 81.3 Å². The van der Waals surface area contributed by atoms with Crippen molar-refractivity contribution in [1.82, 2.24) is 4.90 Å². The van der Waals surface area contributed by atoms with Gasteiger partial charge in [0.2, 0.25) is 0 Å². The smallest absolute Gasteiger partial charge is 0.261 e. The molecule has 2 amide bonds. The topological polar surface area (TPSA) is 63.4 Å². The number of amides is 2. The fourth-order valence-electron chi connectivity index (χ4n) is 1.64. The van der Waals surface area contributed by atoms with Gasteiger partial charge in [0.05, 0.1) is 11.1 Å². The van der Waals surface area contributed by atoms with E-state index < -0.39 is 0 Å². The summed E-state index contributed by atoms with van der Waals surface area (Å²) in [7, 11) is 1.48. The molecule has 0 spiro atoms. The minimum absolute atomic E-state index is 0.250. The minimum Gasteiger partial charge on any atom is -0.326 e. The molecule has 0 unspecified atom stereocenters. The normalized spacial score (nSPS) is 14.9. The second kappa shape index (κ2) is 2.92. The fourth-order valence-corrected chi connectivity index (χ4v) is 1.64. The first-order valence-electron chi connectivity index (χ1n) is 4.31. The second-order valence-corrected chi connectivity index (χ2v) is 3.21. The molecule has 0 fully saturated rings. The van der Waals surface area contributed by atoms with Gasteiger partial charge in [0, 0.05) is 13.6 Å². The van der Waals surface area contributed by atoms with Crippen molar-refractivity contribution in [2.24, 2.45) is 5.73 Å². The number of carbonyl (C=O) groups excluding carboxylic acids is 2. The Balaban J connectivity index is 2.69. The highest BCUT2D eigenvalue weighted by Crippen LogP contribution is 2.24. The van der Waals surface area contributed by atoms with Crippen molar-refractivity contribution >= 4 is 11.8 Å². The van der Waals surface area contributed by atoms with Gasteiger partial charge in [-0.1, -0.05) is 12.1 Å². The highest BCUT2D eigenvalue weighted by Gasteiger charge is 2.33. The predicted molar refractivity (Wildman–Crippen MR) is 50.8 cm³/mol. The van der Waals surface area contributed by atoms with Crippen molar-refractivity contribution in [3.63, 3.8) is 0 Å². The van der Waals surface area contributed by atoms with E-state index in [0.717, 1.165) is 10.5 Å². The lowest BCUT2D eigenvalue weighted by Gasteiger charge is -2.04. The first-order chi connectivity index (χ1) is 6.66. The van der Waals surface area contributed by atoms with Gasteiger partial charge >= 0.3 is 0 Å². The van der Waals surface area contributed by atoms with Gasteiger partial charge in [-0.3, -0.25) is 14.5 Å². The van der Waals surface area contributed by atoms with Crippen LogP contribution in [0.5, 0.6) is 0 Å². The molecule has 2 rings (SSSR count). The molecule has 1 heterocycles. The van der Waals surface area contributed by atoms with E-state index in [1.54, 1.807) is 18.2 Å². The highest BCUT2D eigenvalue weighted by atomic mass is 16.2. The summed E-state index contributed by atoms with van der Waals surface area (Å²) in [6.45, 7) is 0.274. The molecule has 1 aliphatic rings. The van der Waals surface area contributed by atoms with Crippen molar-refractivity contribution in [1.29, 1.82) is 0 Å². The van der Waals surface area contributed by atoms with Crippen LogP contribution in [0.3, 0.4) is 0 Å². The van der Waals surface area contributed by atoms with Crippen LogP contribution in [0.1, 0.15) is 26.3 Å². The first-order valence-corrected chi connectivity index (χ1v) is 4.31. The molecule has 0 bridgehead atoms. The molecule has 0 radical (unpaired) electrons. The summed E-state index contributed by atoms with van der Waals surface area (Å²) in [5.41, 5.74) is 7.14. The fraction of sp³-hybridized carbons (Fsp3) is 0.200. The third-order valence-electron chi connectivity index (χ3n) is 2.42. The maximum Gasteiger partial charge on any atom is 0.261 e. The molecule has 4 heteroatoms. The van der Waals surface area contributed by atoms with E-state index in [0.29, 0.717) is 11.1 Å². The van der Waals surface area contributed by atoms with Gasteiger partial charge in [0.15, 0.2) is 0 Å². The second-order valence-electron chi connectivity index (χ2n) is 3.21. The van der Waals surface area contributed by atoms with Crippen molar-refractivity contribution < 1.29 is 9.59 Å². The summed E-state index contributed by atoms with van der Waals surface area (Å²) in [6.07, 6.45) is 0. The van der Waals surface area contributed by atoms with Crippen molar-refractivity contribution in [3.05, 3.63) is 34.9 Å². The lowest BCUT2D eigenvalue weighted by atomic mass is 10.0. The number of imide groups is 1. The Morgan fingerprint density at radius 2 is 2.00 bits per heavy atom. The molecule has 0 saturated carbocycles. The zero-order valence-corrected chi connectivity index (χ0v) is 7.78. The van der Waals surface area contributed by atoms with Crippen LogP contribution in [0.4, 0.5) is 0 Å². The van der Waals surface area contributed by atoms with Crippen LogP contribution in [-0.4, -0.2) is 23.8 Å². The highest BCUT2D eigenvalue weighted by molar-refractivity contribution is 6.21. The number of rotatable bonds is 1. The summed E-state index contributed by atoms with van der Waals surface area (Å²) in [5.74, 6) is -0.508. The number of nitrogens with two attached hydrogens (primary N) is 1. The SMILES string of the molecule is CN1C(=O)c2cccc(CN)c2C1=O. The molecule has 0 atom stereocenters. The van der Waals surface area contributed by atoms with Gasteiger partial charge in [-0.25, -0.2) is 0 Å². The zero-order chi connectivity index (χ0) is 10.3. The largest absolute Gasteiger partial charge is 0.326 e. The molecule has 14 heavy (non-hydrogen) atoms. The Morgan fingerprint density at radius 3 is 2.64 bits per heavy atom. The molecular weight excluding hydrogens is 180 g/mol. The first kappa shape index (κ1) is 8.90. The maximum atomic E-state index is 11.6. The summed E-state index contributed by atoms with van der Waals surface area (Å²) >= 11 is 0. The predicted octanol–water partition coefficient (Wildman–Crippen LogP) is 0.371. The average molecular weight is 190 g/mol. The third-order valence-corrected chi connectivity index (χ3v) is 2.42. The average Bonchev–Trinajstić information content (AvgIpc) is 2.44. The lowest BCUT2D eigenvalue weighted by Crippen LogP contribution is -2.24. The van der Waals surface area contributed by atoms with Crippen LogP contribution in [0, 0.1) is 0 Å². The number of fused-ring (bicyclic) bond motifs is 1. The van der Waals surface area contributed by atoms with Crippen LogP contribution in [0.25, 0.3) is 0 Å². The van der Waals surface area contributed by atoms with E-state index >= 15 is 0 Å². The van der Waals surface area contributed by atoms with Crippen molar-refractivity contribution in [2.75, 3.05) is 7.05 Å². The summed E-state index contributed by atoms with van der Waals surface area (Å²) in [5, 5.41) is 0. The number of carbonyl (C=O) groups is 2. The van der Waals surface area contributed by atoms with Crippen LogP contribution < -0.4 is 5.73 Å². The quantitative estimate of drug-likeness (QED) is 0.651. The number of hydrogen-bond donors (Lipinski definition) is 1. The Morgan fingerprint density at radius 1 is 1.29 bits per heavy atom. The van der Waals surface area contributed by atoms with E-state index in [-0.39, 0.29) is 18.4 Å². The summed E-state index contributed by atoms with van der Waals surface area (Å²) in [6, 6.07) is 5.16. The third kappa shape index (κ3) is 0.975. The number of nitrogens with zero attached hydrogens (tertiary/aromatic N) is 1. The molecule has 0 saturated heterocycles. The molecule has 4 nitrogen and oxygen atoms in total. The molecule has 72 valence electrons. The van der Waals surface area contributed by atoms with Crippen LogP contribution in [0.2, 0.25) is 0 Å². The Bertz CT molecular complexity index is 426. The van der Waals surface area contributed by atoms with Crippen molar-refractivity contribution in [2.45, 2.75) is 6.54 Å². The van der Waals surface area contributed by atoms with Crippen LogP contribution >= 0.6 is 0 Å². The van der Waals surface area contributed by atoms with Gasteiger partial charge < -0.3 is 5.73 Å². The van der Waals surface area contributed by atoms with Gasteiger partial charge in [-0.2, -0.15) is 0 Å². The molecule has 0 aliphatic carbocycles. The molecule has 1 aliphatic heterocycles. The van der Waals surface area contributed by atoms with Crippen LogP contribution in [0.15, 0.2) is 18.2 Å². The standard InChI is InChI=1S/C10H10N2O2/c1-12-9(13)7-4-2-3-6(5-11)8(7)10(12)14/h2-4H,5,11H2,1H3. The molecule has 0 aromatic heterocycles. The minimum atomic E-state index is -0.258. The Kier molecular flexibility index (Phi) is 1.86.